The van der Waals surface area contributed by atoms with Gasteiger partial charge in [0.15, 0.2) is 9.84 Å². The highest BCUT2D eigenvalue weighted by Crippen LogP contribution is 2.32. The summed E-state index contributed by atoms with van der Waals surface area (Å²) >= 11 is 0. The third kappa shape index (κ3) is 5.33. The zero-order valence-electron chi connectivity index (χ0n) is 19.5. The third-order valence-electron chi connectivity index (χ3n) is 6.66. The van der Waals surface area contributed by atoms with Crippen LogP contribution in [0, 0.1) is 5.82 Å². The van der Waals surface area contributed by atoms with Crippen molar-refractivity contribution in [1.29, 1.82) is 0 Å². The lowest BCUT2D eigenvalue weighted by molar-refractivity contribution is -0.132. The van der Waals surface area contributed by atoms with Gasteiger partial charge in [0, 0.05) is 29.5 Å². The van der Waals surface area contributed by atoms with Crippen molar-refractivity contribution in [2.45, 2.75) is 50.8 Å². The molecule has 188 valence electrons. The van der Waals surface area contributed by atoms with Gasteiger partial charge < -0.3 is 15.5 Å². The van der Waals surface area contributed by atoms with E-state index in [-0.39, 0.29) is 42.4 Å². The van der Waals surface area contributed by atoms with E-state index in [9.17, 15) is 22.4 Å². The Kier molecular flexibility index (Phi) is 6.61. The van der Waals surface area contributed by atoms with Gasteiger partial charge in [0.2, 0.25) is 12.0 Å². The molecule has 2 N–H and O–H groups in total. The SMILES string of the molecule is O=C(NCc1ccc2c(c1)CCC2NC(=O)C1CC(c2cccc(F)c2)=NO1)C1=CS(=O)(=O)CCC1. The number of hydrogen-bond donors (Lipinski definition) is 2. The summed E-state index contributed by atoms with van der Waals surface area (Å²) in [5.74, 6) is -0.917. The molecule has 8 nitrogen and oxygen atoms in total. The highest BCUT2D eigenvalue weighted by Gasteiger charge is 2.32. The van der Waals surface area contributed by atoms with Crippen LogP contribution in [0.1, 0.15) is 54.0 Å². The van der Waals surface area contributed by atoms with Crippen LogP contribution in [0.5, 0.6) is 0 Å². The monoisotopic (exact) mass is 511 g/mol. The first-order valence-electron chi connectivity index (χ1n) is 11.9. The van der Waals surface area contributed by atoms with E-state index in [1.54, 1.807) is 12.1 Å². The number of amides is 2. The number of carbonyl (C=O) groups is 2. The molecule has 0 spiro atoms. The highest BCUT2D eigenvalue weighted by molar-refractivity contribution is 7.94. The molecule has 10 heteroatoms. The summed E-state index contributed by atoms with van der Waals surface area (Å²) < 4.78 is 37.0. The lowest BCUT2D eigenvalue weighted by Crippen LogP contribution is -2.36. The van der Waals surface area contributed by atoms with Crippen LogP contribution in [0.2, 0.25) is 0 Å². The maximum Gasteiger partial charge on any atom is 0.264 e. The standard InChI is InChI=1S/C26H26FN3O5S/c27-20-5-1-3-18(12-20)23-13-24(35-30-23)26(32)29-22-9-7-17-11-16(6-8-21(17)22)14-28-25(31)19-4-2-10-36(33,34)15-19/h1,3,5-6,8,11-12,15,22,24H,2,4,7,9-10,13-14H2,(H,28,31)(H,29,32). The summed E-state index contributed by atoms with van der Waals surface area (Å²) in [5, 5.41) is 10.9. The van der Waals surface area contributed by atoms with Crippen molar-refractivity contribution < 1.29 is 27.2 Å². The Morgan fingerprint density at radius 2 is 2.00 bits per heavy atom. The summed E-state index contributed by atoms with van der Waals surface area (Å²) in [6.45, 7) is 0.288. The number of benzene rings is 2. The van der Waals surface area contributed by atoms with E-state index in [4.69, 9.17) is 4.84 Å². The molecule has 1 aliphatic carbocycles. The fraction of sp³-hybridized carbons (Fsp3) is 0.346. The molecule has 2 unspecified atom stereocenters. The molecule has 0 bridgehead atoms. The molecule has 2 atom stereocenters. The molecule has 3 aliphatic rings. The lowest BCUT2D eigenvalue weighted by Gasteiger charge is -2.17. The number of oxime groups is 1. The summed E-state index contributed by atoms with van der Waals surface area (Å²) in [7, 11) is -3.30. The Morgan fingerprint density at radius 3 is 2.81 bits per heavy atom. The van der Waals surface area contributed by atoms with Gasteiger partial charge in [-0.25, -0.2) is 12.8 Å². The van der Waals surface area contributed by atoms with Crippen molar-refractivity contribution in [1.82, 2.24) is 10.6 Å². The number of nitrogens with one attached hydrogen (secondary N) is 2. The average Bonchev–Trinajstić information content (AvgIpc) is 3.50. The first kappa shape index (κ1) is 24.2. The van der Waals surface area contributed by atoms with Crippen LogP contribution < -0.4 is 10.6 Å². The fourth-order valence-electron chi connectivity index (χ4n) is 4.81. The quantitative estimate of drug-likeness (QED) is 0.619. The number of sulfone groups is 1. The van der Waals surface area contributed by atoms with E-state index >= 15 is 0 Å². The van der Waals surface area contributed by atoms with Gasteiger partial charge in [0.25, 0.3) is 5.91 Å². The molecule has 0 aromatic heterocycles. The predicted octanol–water partition coefficient (Wildman–Crippen LogP) is 2.83. The van der Waals surface area contributed by atoms with E-state index in [0.717, 1.165) is 34.9 Å². The molecule has 2 aromatic carbocycles. The molecule has 5 rings (SSSR count). The van der Waals surface area contributed by atoms with Gasteiger partial charge >= 0.3 is 0 Å². The molecule has 0 saturated carbocycles. The van der Waals surface area contributed by atoms with E-state index in [0.29, 0.717) is 29.7 Å². The van der Waals surface area contributed by atoms with Crippen LogP contribution in [0.25, 0.3) is 0 Å². The second-order valence-electron chi connectivity index (χ2n) is 9.28. The van der Waals surface area contributed by atoms with Crippen LogP contribution in [-0.4, -0.2) is 37.8 Å². The Hall–Kier alpha value is -3.53. The van der Waals surface area contributed by atoms with E-state index in [1.807, 2.05) is 18.2 Å². The first-order chi connectivity index (χ1) is 17.3. The minimum Gasteiger partial charge on any atom is -0.382 e. The second-order valence-corrected chi connectivity index (χ2v) is 11.2. The van der Waals surface area contributed by atoms with Crippen molar-refractivity contribution in [3.05, 3.63) is 81.5 Å². The summed E-state index contributed by atoms with van der Waals surface area (Å²) in [5.41, 5.74) is 4.44. The first-order valence-corrected chi connectivity index (χ1v) is 13.6. The normalized spacial score (nSPS) is 22.1. The van der Waals surface area contributed by atoms with Crippen molar-refractivity contribution in [3.8, 4) is 0 Å². The molecule has 2 aliphatic heterocycles. The van der Waals surface area contributed by atoms with Gasteiger partial charge in [-0.05, 0) is 54.5 Å². The van der Waals surface area contributed by atoms with Gasteiger partial charge in [-0.15, -0.1) is 0 Å². The smallest absolute Gasteiger partial charge is 0.264 e. The van der Waals surface area contributed by atoms with Crippen LogP contribution in [-0.2, 0) is 37.2 Å². The summed E-state index contributed by atoms with van der Waals surface area (Å²) in [6.07, 6.45) is 1.94. The molecule has 2 amide bonds. The van der Waals surface area contributed by atoms with Gasteiger partial charge in [-0.1, -0.05) is 35.5 Å². The number of fused-ring (bicyclic) bond motifs is 1. The van der Waals surface area contributed by atoms with Crippen LogP contribution >= 0.6 is 0 Å². The Morgan fingerprint density at radius 1 is 1.14 bits per heavy atom. The Balaban J connectivity index is 1.16. The van der Waals surface area contributed by atoms with E-state index < -0.39 is 15.9 Å². The fourth-order valence-corrected chi connectivity index (χ4v) is 6.14. The van der Waals surface area contributed by atoms with E-state index in [1.165, 1.54) is 12.1 Å². The molecule has 2 aromatic rings. The van der Waals surface area contributed by atoms with Crippen molar-refractivity contribution in [2.24, 2.45) is 5.16 Å². The number of hydrogen-bond acceptors (Lipinski definition) is 6. The largest absolute Gasteiger partial charge is 0.382 e. The van der Waals surface area contributed by atoms with Crippen LogP contribution in [0.15, 0.2) is 58.6 Å². The number of carbonyl (C=O) groups excluding carboxylic acids is 2. The van der Waals surface area contributed by atoms with Crippen molar-refractivity contribution in [3.63, 3.8) is 0 Å². The van der Waals surface area contributed by atoms with Crippen LogP contribution in [0.3, 0.4) is 0 Å². The van der Waals surface area contributed by atoms with Crippen LogP contribution in [0.4, 0.5) is 4.39 Å². The maximum absolute atomic E-state index is 13.5. The number of rotatable bonds is 6. The van der Waals surface area contributed by atoms with Gasteiger partial charge in [0.1, 0.15) is 5.82 Å². The summed E-state index contributed by atoms with van der Waals surface area (Å²) in [6, 6.07) is 11.7. The van der Waals surface area contributed by atoms with Crippen molar-refractivity contribution >= 4 is 27.4 Å². The van der Waals surface area contributed by atoms with Gasteiger partial charge in [-0.3, -0.25) is 9.59 Å². The Labute approximate surface area is 208 Å². The zero-order chi connectivity index (χ0) is 25.3. The molecular formula is C26H26FN3O5S. The molecule has 2 heterocycles. The number of halogens is 1. The highest BCUT2D eigenvalue weighted by atomic mass is 32.2. The molecule has 0 radical (unpaired) electrons. The second kappa shape index (κ2) is 9.85. The zero-order valence-corrected chi connectivity index (χ0v) is 20.3. The molecular weight excluding hydrogens is 485 g/mol. The predicted molar refractivity (Wildman–Crippen MR) is 131 cm³/mol. The topological polar surface area (TPSA) is 114 Å². The van der Waals surface area contributed by atoms with Gasteiger partial charge in [-0.2, -0.15) is 0 Å². The molecule has 36 heavy (non-hydrogen) atoms. The number of nitrogens with zero attached hydrogens (tertiary/aromatic N) is 1. The van der Waals surface area contributed by atoms with E-state index in [2.05, 4.69) is 15.8 Å². The third-order valence-corrected chi connectivity index (χ3v) is 8.16. The van der Waals surface area contributed by atoms with Gasteiger partial charge in [0.05, 0.1) is 17.5 Å². The molecule has 0 saturated heterocycles. The molecule has 0 fully saturated rings. The minimum atomic E-state index is -3.30. The Bertz CT molecular complexity index is 1390. The average molecular weight is 512 g/mol. The summed E-state index contributed by atoms with van der Waals surface area (Å²) in [4.78, 5) is 30.5. The minimum absolute atomic E-state index is 0.0837. The lowest BCUT2D eigenvalue weighted by atomic mass is 10.0. The maximum atomic E-state index is 13.5. The van der Waals surface area contributed by atoms with Crippen molar-refractivity contribution in [2.75, 3.05) is 5.75 Å². The number of aryl methyl sites for hydroxylation is 1.